The molecular formula is C19H32O2S. The van der Waals surface area contributed by atoms with Gasteiger partial charge in [0.25, 0.3) is 0 Å². The summed E-state index contributed by atoms with van der Waals surface area (Å²) < 4.78 is 12.7. The van der Waals surface area contributed by atoms with Gasteiger partial charge in [-0.2, -0.15) is 0 Å². The van der Waals surface area contributed by atoms with Gasteiger partial charge >= 0.3 is 0 Å². The lowest BCUT2D eigenvalue weighted by Crippen LogP contribution is -2.32. The topological polar surface area (TPSA) is 18.5 Å². The quantitative estimate of drug-likeness (QED) is 0.672. The van der Waals surface area contributed by atoms with Crippen molar-refractivity contribution in [2.45, 2.75) is 79.1 Å². The average Bonchev–Trinajstić information content (AvgIpc) is 2.69. The van der Waals surface area contributed by atoms with Gasteiger partial charge in [-0.1, -0.05) is 55.4 Å². The Morgan fingerprint density at radius 1 is 0.818 bits per heavy atom. The molecule has 1 aliphatic rings. The third kappa shape index (κ3) is 3.15. The third-order valence-electron chi connectivity index (χ3n) is 4.73. The van der Waals surface area contributed by atoms with Crippen LogP contribution in [0.3, 0.4) is 0 Å². The van der Waals surface area contributed by atoms with E-state index >= 15 is 0 Å². The second kappa shape index (κ2) is 5.74. The van der Waals surface area contributed by atoms with Crippen LogP contribution in [0, 0.1) is 5.41 Å². The molecule has 1 aromatic rings. The first kappa shape index (κ1) is 17.7. The lowest BCUT2D eigenvalue weighted by Gasteiger charge is -2.29. The molecule has 0 N–H and O–H groups in total. The first-order valence-electron chi connectivity index (χ1n) is 8.47. The van der Waals surface area contributed by atoms with Crippen LogP contribution in [0.5, 0.6) is 11.5 Å². The van der Waals surface area contributed by atoms with Crippen molar-refractivity contribution in [1.29, 1.82) is 0 Å². The molecule has 0 aliphatic carbocycles. The normalized spacial score (nSPS) is 18.2. The van der Waals surface area contributed by atoms with Crippen molar-refractivity contribution in [3.8, 4) is 11.5 Å². The Morgan fingerprint density at radius 2 is 1.18 bits per heavy atom. The predicted molar refractivity (Wildman–Crippen MR) is 95.7 cm³/mol. The Bertz CT molecular complexity index is 482. The Balaban J connectivity index is 2.53. The molecular weight excluding hydrogens is 292 g/mol. The second-order valence-corrected chi connectivity index (χ2v) is 9.72. The van der Waals surface area contributed by atoms with Crippen LogP contribution in [-0.4, -0.2) is 13.2 Å². The van der Waals surface area contributed by atoms with Crippen LogP contribution < -0.4 is 9.47 Å². The summed E-state index contributed by atoms with van der Waals surface area (Å²) in [5, 5.41) is 0. The molecule has 0 amide bonds. The molecule has 2 nitrogen and oxygen atoms in total. The zero-order valence-corrected chi connectivity index (χ0v) is 16.4. The van der Waals surface area contributed by atoms with Crippen molar-refractivity contribution >= 4 is 11.3 Å². The zero-order chi connectivity index (χ0) is 16.8. The molecule has 0 aromatic carbocycles. The van der Waals surface area contributed by atoms with Crippen molar-refractivity contribution in [3.63, 3.8) is 0 Å². The molecule has 126 valence electrons. The number of hydrogen-bond acceptors (Lipinski definition) is 3. The standard InChI is InChI=1S/C19H32O2S/c1-9-19(10-2)11-20-13-14(21-12-19)16(18(6,7)8)22-15(13)17(3,4)5/h9-12H2,1-8H3. The number of rotatable bonds is 2. The maximum absolute atomic E-state index is 6.37. The van der Waals surface area contributed by atoms with Gasteiger partial charge in [-0.15, -0.1) is 11.3 Å². The van der Waals surface area contributed by atoms with Crippen LogP contribution in [0.2, 0.25) is 0 Å². The smallest absolute Gasteiger partial charge is 0.175 e. The van der Waals surface area contributed by atoms with Gasteiger partial charge in [-0.25, -0.2) is 0 Å². The summed E-state index contributed by atoms with van der Waals surface area (Å²) in [5.74, 6) is 2.01. The molecule has 1 aliphatic heterocycles. The maximum Gasteiger partial charge on any atom is 0.175 e. The molecule has 0 saturated heterocycles. The highest BCUT2D eigenvalue weighted by Gasteiger charge is 2.39. The molecule has 0 bridgehead atoms. The lowest BCUT2D eigenvalue weighted by molar-refractivity contribution is 0.0934. The average molecular weight is 325 g/mol. The Morgan fingerprint density at radius 3 is 1.45 bits per heavy atom. The van der Waals surface area contributed by atoms with E-state index in [0.717, 1.165) is 37.6 Å². The van der Waals surface area contributed by atoms with Crippen LogP contribution >= 0.6 is 11.3 Å². The van der Waals surface area contributed by atoms with Gasteiger partial charge < -0.3 is 9.47 Å². The molecule has 0 unspecified atom stereocenters. The first-order chi connectivity index (χ1) is 10.0. The molecule has 1 aromatic heterocycles. The summed E-state index contributed by atoms with van der Waals surface area (Å²) >= 11 is 1.86. The van der Waals surface area contributed by atoms with Crippen LogP contribution in [0.15, 0.2) is 0 Å². The van der Waals surface area contributed by atoms with Gasteiger partial charge in [0.1, 0.15) is 0 Å². The third-order valence-corrected chi connectivity index (χ3v) is 6.73. The van der Waals surface area contributed by atoms with E-state index in [9.17, 15) is 0 Å². The molecule has 2 heterocycles. The summed E-state index contributed by atoms with van der Waals surface area (Å²) in [7, 11) is 0. The van der Waals surface area contributed by atoms with Crippen molar-refractivity contribution in [2.24, 2.45) is 5.41 Å². The van der Waals surface area contributed by atoms with Crippen molar-refractivity contribution in [2.75, 3.05) is 13.2 Å². The van der Waals surface area contributed by atoms with E-state index in [-0.39, 0.29) is 16.2 Å². The minimum absolute atomic E-state index is 0.0764. The first-order valence-corrected chi connectivity index (χ1v) is 9.29. The second-order valence-electron chi connectivity index (χ2n) is 8.70. The van der Waals surface area contributed by atoms with Crippen molar-refractivity contribution < 1.29 is 9.47 Å². The van der Waals surface area contributed by atoms with E-state index in [1.807, 2.05) is 11.3 Å². The summed E-state index contributed by atoms with van der Waals surface area (Å²) in [6.45, 7) is 19.5. The Hall–Kier alpha value is -0.700. The van der Waals surface area contributed by atoms with Gasteiger partial charge in [0.05, 0.1) is 23.0 Å². The monoisotopic (exact) mass is 324 g/mol. The molecule has 0 atom stereocenters. The van der Waals surface area contributed by atoms with Crippen LogP contribution in [-0.2, 0) is 10.8 Å². The number of hydrogen-bond donors (Lipinski definition) is 0. The van der Waals surface area contributed by atoms with E-state index in [1.165, 1.54) is 9.75 Å². The number of fused-ring (bicyclic) bond motifs is 1. The molecule has 3 heteroatoms. The molecule has 22 heavy (non-hydrogen) atoms. The molecule has 0 radical (unpaired) electrons. The highest BCUT2D eigenvalue weighted by atomic mass is 32.1. The van der Waals surface area contributed by atoms with E-state index in [2.05, 4.69) is 55.4 Å². The number of thiophene rings is 1. The summed E-state index contributed by atoms with van der Waals surface area (Å²) in [6.07, 6.45) is 2.18. The van der Waals surface area contributed by atoms with Crippen LogP contribution in [0.1, 0.15) is 78.0 Å². The van der Waals surface area contributed by atoms with Crippen LogP contribution in [0.25, 0.3) is 0 Å². The van der Waals surface area contributed by atoms with Crippen molar-refractivity contribution in [3.05, 3.63) is 9.75 Å². The fourth-order valence-electron chi connectivity index (χ4n) is 2.80. The highest BCUT2D eigenvalue weighted by Crippen LogP contribution is 2.53. The Labute approximate surface area is 140 Å². The molecule has 0 spiro atoms. The van der Waals surface area contributed by atoms with Gasteiger partial charge in [-0.3, -0.25) is 0 Å². The van der Waals surface area contributed by atoms with E-state index in [0.29, 0.717) is 0 Å². The van der Waals surface area contributed by atoms with Crippen LogP contribution in [0.4, 0.5) is 0 Å². The summed E-state index contributed by atoms with van der Waals surface area (Å²) in [5.41, 5.74) is 0.293. The van der Waals surface area contributed by atoms with Gasteiger partial charge in [0, 0.05) is 16.2 Å². The molecule has 0 saturated carbocycles. The van der Waals surface area contributed by atoms with Gasteiger partial charge in [0.2, 0.25) is 0 Å². The Kier molecular flexibility index (Phi) is 4.60. The van der Waals surface area contributed by atoms with E-state index in [1.54, 1.807) is 0 Å². The largest absolute Gasteiger partial charge is 0.488 e. The fraction of sp³-hybridized carbons (Fsp3) is 0.789. The number of ether oxygens (including phenoxy) is 2. The summed E-state index contributed by atoms with van der Waals surface area (Å²) in [4.78, 5) is 2.63. The minimum atomic E-state index is 0.0764. The maximum atomic E-state index is 6.37. The minimum Gasteiger partial charge on any atom is -0.488 e. The highest BCUT2D eigenvalue weighted by molar-refractivity contribution is 7.13. The molecule has 0 fully saturated rings. The molecule has 2 rings (SSSR count). The summed E-state index contributed by atoms with van der Waals surface area (Å²) in [6, 6.07) is 0. The predicted octanol–water partition coefficient (Wildman–Crippen LogP) is 5.92. The van der Waals surface area contributed by atoms with Gasteiger partial charge in [-0.05, 0) is 12.8 Å². The van der Waals surface area contributed by atoms with E-state index in [4.69, 9.17) is 9.47 Å². The zero-order valence-electron chi connectivity index (χ0n) is 15.6. The SMILES string of the molecule is CCC1(CC)COc2c(C(C)(C)C)sc(C(C)(C)C)c2OC1. The van der Waals surface area contributed by atoms with Gasteiger partial charge in [0.15, 0.2) is 11.5 Å². The van der Waals surface area contributed by atoms with E-state index < -0.39 is 0 Å². The van der Waals surface area contributed by atoms with Crippen molar-refractivity contribution in [1.82, 2.24) is 0 Å². The lowest BCUT2D eigenvalue weighted by atomic mass is 9.84. The fourth-order valence-corrected chi connectivity index (χ4v) is 4.11.